The topological polar surface area (TPSA) is 37.8 Å². The normalized spacial score (nSPS) is 10.4. The van der Waals surface area contributed by atoms with Crippen molar-refractivity contribution in [1.82, 2.24) is 9.97 Å². The molecule has 2 aromatic rings. The summed E-state index contributed by atoms with van der Waals surface area (Å²) in [5, 5.41) is 4.29. The van der Waals surface area contributed by atoms with Gasteiger partial charge in [-0.2, -0.15) is 0 Å². The molecule has 0 amide bonds. The van der Waals surface area contributed by atoms with Crippen molar-refractivity contribution in [2.75, 3.05) is 11.9 Å². The van der Waals surface area contributed by atoms with Gasteiger partial charge in [0.25, 0.3) is 0 Å². The third-order valence-corrected chi connectivity index (χ3v) is 3.04. The van der Waals surface area contributed by atoms with E-state index in [4.69, 9.17) is 23.2 Å². The molecule has 0 unspecified atom stereocenters. The third-order valence-electron chi connectivity index (χ3n) is 2.49. The van der Waals surface area contributed by atoms with Gasteiger partial charge in [-0.05, 0) is 37.6 Å². The zero-order chi connectivity index (χ0) is 13.1. The first-order valence-electron chi connectivity index (χ1n) is 5.64. The van der Waals surface area contributed by atoms with Crippen LogP contribution >= 0.6 is 23.2 Å². The molecule has 1 N–H and O–H groups in total. The lowest BCUT2D eigenvalue weighted by molar-refractivity contribution is 1.07. The van der Waals surface area contributed by atoms with Crippen LogP contribution in [-0.4, -0.2) is 16.5 Å². The fourth-order valence-corrected chi connectivity index (χ4v) is 2.14. The second-order valence-corrected chi connectivity index (χ2v) is 4.72. The maximum absolute atomic E-state index is 6.20. The Balaban J connectivity index is 2.51. The molecule has 1 heterocycles. The molecule has 18 heavy (non-hydrogen) atoms. The third kappa shape index (κ3) is 2.74. The van der Waals surface area contributed by atoms with Crippen molar-refractivity contribution in [2.24, 2.45) is 0 Å². The summed E-state index contributed by atoms with van der Waals surface area (Å²) in [7, 11) is 0. The van der Waals surface area contributed by atoms with Crippen molar-refractivity contribution in [3.8, 4) is 11.3 Å². The molecule has 5 heteroatoms. The first-order valence-corrected chi connectivity index (χ1v) is 6.40. The number of aromatic nitrogens is 2. The maximum atomic E-state index is 6.20. The van der Waals surface area contributed by atoms with Crippen LogP contribution in [-0.2, 0) is 0 Å². The van der Waals surface area contributed by atoms with Gasteiger partial charge in [0, 0.05) is 23.3 Å². The van der Waals surface area contributed by atoms with Crippen LogP contribution in [0.5, 0.6) is 0 Å². The summed E-state index contributed by atoms with van der Waals surface area (Å²) in [6, 6.07) is 5.39. The maximum Gasteiger partial charge on any atom is 0.223 e. The van der Waals surface area contributed by atoms with E-state index in [1.807, 2.05) is 19.9 Å². The number of halogens is 2. The molecule has 1 aromatic heterocycles. The van der Waals surface area contributed by atoms with Crippen molar-refractivity contribution < 1.29 is 0 Å². The standard InChI is InChI=1S/C13H13Cl2N3/c1-3-16-13-17-7-8(2)12(18-13)10-5-4-9(14)6-11(10)15/h4-7H,3H2,1-2H3,(H,16,17,18). The highest BCUT2D eigenvalue weighted by molar-refractivity contribution is 6.36. The summed E-state index contributed by atoms with van der Waals surface area (Å²) >= 11 is 12.1. The van der Waals surface area contributed by atoms with Crippen LogP contribution in [0.4, 0.5) is 5.95 Å². The summed E-state index contributed by atoms with van der Waals surface area (Å²) in [5.41, 5.74) is 2.66. The average molecular weight is 282 g/mol. The Labute approximate surface area is 116 Å². The van der Waals surface area contributed by atoms with Crippen molar-refractivity contribution in [1.29, 1.82) is 0 Å². The van der Waals surface area contributed by atoms with E-state index in [0.717, 1.165) is 23.4 Å². The van der Waals surface area contributed by atoms with Gasteiger partial charge in [-0.15, -0.1) is 0 Å². The van der Waals surface area contributed by atoms with Gasteiger partial charge >= 0.3 is 0 Å². The lowest BCUT2D eigenvalue weighted by Crippen LogP contribution is -2.03. The van der Waals surface area contributed by atoms with Crippen LogP contribution in [0.2, 0.25) is 10.0 Å². The van der Waals surface area contributed by atoms with E-state index in [9.17, 15) is 0 Å². The Morgan fingerprint density at radius 3 is 2.72 bits per heavy atom. The molecular weight excluding hydrogens is 269 g/mol. The van der Waals surface area contributed by atoms with Crippen LogP contribution < -0.4 is 5.32 Å². The van der Waals surface area contributed by atoms with Crippen LogP contribution in [0.1, 0.15) is 12.5 Å². The number of nitrogens with zero attached hydrogens (tertiary/aromatic N) is 2. The van der Waals surface area contributed by atoms with Gasteiger partial charge in [0.05, 0.1) is 10.7 Å². The van der Waals surface area contributed by atoms with Crippen LogP contribution in [0.25, 0.3) is 11.3 Å². The van der Waals surface area contributed by atoms with Crippen LogP contribution in [0.3, 0.4) is 0 Å². The highest BCUT2D eigenvalue weighted by Gasteiger charge is 2.10. The number of benzene rings is 1. The molecule has 0 saturated carbocycles. The van der Waals surface area contributed by atoms with E-state index in [1.165, 1.54) is 0 Å². The average Bonchev–Trinajstić information content (AvgIpc) is 2.33. The van der Waals surface area contributed by atoms with Gasteiger partial charge in [0.1, 0.15) is 0 Å². The molecule has 0 saturated heterocycles. The van der Waals surface area contributed by atoms with Crippen molar-refractivity contribution in [2.45, 2.75) is 13.8 Å². The second-order valence-electron chi connectivity index (χ2n) is 3.88. The monoisotopic (exact) mass is 281 g/mol. The van der Waals surface area contributed by atoms with E-state index < -0.39 is 0 Å². The Morgan fingerprint density at radius 2 is 2.06 bits per heavy atom. The minimum absolute atomic E-state index is 0.590. The first kappa shape index (κ1) is 13.1. The van der Waals surface area contributed by atoms with Gasteiger partial charge < -0.3 is 5.32 Å². The minimum atomic E-state index is 0.590. The summed E-state index contributed by atoms with van der Waals surface area (Å²) < 4.78 is 0. The van der Waals surface area contributed by atoms with Crippen molar-refractivity contribution in [3.05, 3.63) is 40.0 Å². The number of anilines is 1. The van der Waals surface area contributed by atoms with Crippen LogP contribution in [0, 0.1) is 6.92 Å². The summed E-state index contributed by atoms with van der Waals surface area (Å²) in [6.07, 6.45) is 1.78. The SMILES string of the molecule is CCNc1ncc(C)c(-c2ccc(Cl)cc2Cl)n1. The molecule has 0 bridgehead atoms. The van der Waals surface area contributed by atoms with E-state index in [2.05, 4.69) is 15.3 Å². The van der Waals surface area contributed by atoms with Gasteiger partial charge in [0.2, 0.25) is 5.95 Å². The van der Waals surface area contributed by atoms with Gasteiger partial charge in [0.15, 0.2) is 0 Å². The first-order chi connectivity index (χ1) is 8.61. The quantitative estimate of drug-likeness (QED) is 0.917. The summed E-state index contributed by atoms with van der Waals surface area (Å²) in [5.74, 6) is 0.601. The molecular formula is C13H13Cl2N3. The molecule has 0 aliphatic carbocycles. The van der Waals surface area contributed by atoms with Gasteiger partial charge in [-0.3, -0.25) is 0 Å². The molecule has 0 aliphatic heterocycles. The Hall–Kier alpha value is -1.32. The van der Waals surface area contributed by atoms with E-state index in [0.29, 0.717) is 16.0 Å². The lowest BCUT2D eigenvalue weighted by atomic mass is 10.1. The van der Waals surface area contributed by atoms with Gasteiger partial charge in [-0.25, -0.2) is 9.97 Å². The largest absolute Gasteiger partial charge is 0.354 e. The molecule has 0 aliphatic rings. The molecule has 3 nitrogen and oxygen atoms in total. The molecule has 0 atom stereocenters. The Kier molecular flexibility index (Phi) is 4.04. The highest BCUT2D eigenvalue weighted by atomic mass is 35.5. The fourth-order valence-electron chi connectivity index (χ4n) is 1.64. The van der Waals surface area contributed by atoms with E-state index in [1.54, 1.807) is 18.3 Å². The number of rotatable bonds is 3. The number of nitrogens with one attached hydrogen (secondary N) is 1. The molecule has 0 spiro atoms. The molecule has 1 aromatic carbocycles. The highest BCUT2D eigenvalue weighted by Crippen LogP contribution is 2.31. The summed E-state index contributed by atoms with van der Waals surface area (Å²) in [6.45, 7) is 4.73. The van der Waals surface area contributed by atoms with Crippen molar-refractivity contribution >= 4 is 29.2 Å². The number of aryl methyl sites for hydroxylation is 1. The molecule has 2 rings (SSSR count). The predicted molar refractivity (Wildman–Crippen MR) is 76.4 cm³/mol. The van der Waals surface area contributed by atoms with Crippen molar-refractivity contribution in [3.63, 3.8) is 0 Å². The van der Waals surface area contributed by atoms with Crippen LogP contribution in [0.15, 0.2) is 24.4 Å². The van der Waals surface area contributed by atoms with Gasteiger partial charge in [-0.1, -0.05) is 23.2 Å². The lowest BCUT2D eigenvalue weighted by Gasteiger charge is -2.09. The number of hydrogen-bond donors (Lipinski definition) is 1. The smallest absolute Gasteiger partial charge is 0.223 e. The molecule has 94 valence electrons. The Bertz CT molecular complexity index is 570. The number of hydrogen-bond acceptors (Lipinski definition) is 3. The van der Waals surface area contributed by atoms with E-state index in [-0.39, 0.29) is 0 Å². The predicted octanol–water partition coefficient (Wildman–Crippen LogP) is 4.19. The zero-order valence-electron chi connectivity index (χ0n) is 10.2. The van der Waals surface area contributed by atoms with E-state index >= 15 is 0 Å². The molecule has 0 fully saturated rings. The minimum Gasteiger partial charge on any atom is -0.354 e. The molecule has 0 radical (unpaired) electrons. The summed E-state index contributed by atoms with van der Waals surface area (Å²) in [4.78, 5) is 8.68. The Morgan fingerprint density at radius 1 is 1.28 bits per heavy atom. The fraction of sp³-hybridized carbons (Fsp3) is 0.231. The zero-order valence-corrected chi connectivity index (χ0v) is 11.7. The second kappa shape index (κ2) is 5.55.